The summed E-state index contributed by atoms with van der Waals surface area (Å²) in [6, 6.07) is 17.8. The molecule has 1 nitrogen and oxygen atoms in total. The van der Waals surface area contributed by atoms with Crippen LogP contribution in [0, 0.1) is 0 Å². The minimum atomic E-state index is 0.231. The summed E-state index contributed by atoms with van der Waals surface area (Å²) in [7, 11) is 0. The number of hydrogen-bond acceptors (Lipinski definition) is 2. The third-order valence-electron chi connectivity index (χ3n) is 3.78. The fourth-order valence-corrected chi connectivity index (χ4v) is 3.56. The summed E-state index contributed by atoms with van der Waals surface area (Å²) in [6.07, 6.45) is 0. The van der Waals surface area contributed by atoms with Gasteiger partial charge in [0.2, 0.25) is 0 Å². The molecule has 0 aliphatic carbocycles. The van der Waals surface area contributed by atoms with E-state index >= 15 is 0 Å². The van der Waals surface area contributed by atoms with Crippen molar-refractivity contribution in [2.75, 3.05) is 10.8 Å². The Morgan fingerprint density at radius 3 is 2.40 bits per heavy atom. The fraction of sp³-hybridized carbons (Fsp3) is 0.333. The number of nitrogens with zero attached hydrogens (tertiary/aromatic N) is 1. The summed E-state index contributed by atoms with van der Waals surface area (Å²) < 4.78 is 0. The lowest BCUT2D eigenvalue weighted by atomic mass is 9.87. The van der Waals surface area contributed by atoms with E-state index < -0.39 is 0 Å². The molecule has 0 bridgehead atoms. The molecule has 1 aliphatic heterocycles. The normalized spacial score (nSPS) is 14.4. The topological polar surface area (TPSA) is 3.24 Å². The second-order valence-electron chi connectivity index (χ2n) is 6.39. The van der Waals surface area contributed by atoms with Crippen LogP contribution >= 0.6 is 11.8 Å². The molecule has 2 heteroatoms. The van der Waals surface area contributed by atoms with E-state index in [1.54, 1.807) is 0 Å². The molecule has 0 aromatic heterocycles. The lowest BCUT2D eigenvalue weighted by Crippen LogP contribution is -2.18. The van der Waals surface area contributed by atoms with Crippen molar-refractivity contribution in [2.45, 2.75) is 37.6 Å². The molecule has 0 atom stereocenters. The summed E-state index contributed by atoms with van der Waals surface area (Å²) >= 11 is 1.93. The Morgan fingerprint density at radius 1 is 1.00 bits per heavy atom. The van der Waals surface area contributed by atoms with E-state index in [4.69, 9.17) is 0 Å². The molecule has 1 heterocycles. The van der Waals surface area contributed by atoms with Gasteiger partial charge in [-0.15, -0.1) is 11.8 Å². The molecule has 20 heavy (non-hydrogen) atoms. The Kier molecular flexibility index (Phi) is 3.51. The highest BCUT2D eigenvalue weighted by atomic mass is 32.2. The predicted octanol–water partition coefficient (Wildman–Crippen LogP) is 5.05. The van der Waals surface area contributed by atoms with Crippen LogP contribution in [0.4, 0.5) is 5.69 Å². The molecule has 0 radical (unpaired) electrons. The van der Waals surface area contributed by atoms with Gasteiger partial charge in [0.25, 0.3) is 0 Å². The summed E-state index contributed by atoms with van der Waals surface area (Å²) in [4.78, 5) is 3.85. The quantitative estimate of drug-likeness (QED) is 0.758. The maximum absolute atomic E-state index is 2.45. The number of anilines is 1. The second-order valence-corrected chi connectivity index (χ2v) is 7.37. The van der Waals surface area contributed by atoms with E-state index in [2.05, 4.69) is 74.2 Å². The first-order valence-corrected chi connectivity index (χ1v) is 8.09. The average molecular weight is 283 g/mol. The van der Waals surface area contributed by atoms with Gasteiger partial charge in [0.15, 0.2) is 0 Å². The predicted molar refractivity (Wildman–Crippen MR) is 88.5 cm³/mol. The molecule has 104 valence electrons. The maximum Gasteiger partial charge on any atom is 0.0690 e. The van der Waals surface area contributed by atoms with E-state index in [9.17, 15) is 0 Å². The first-order chi connectivity index (χ1) is 9.54. The van der Waals surface area contributed by atoms with Crippen molar-refractivity contribution in [3.63, 3.8) is 0 Å². The van der Waals surface area contributed by atoms with Crippen molar-refractivity contribution >= 4 is 17.4 Å². The molecule has 0 saturated heterocycles. The highest BCUT2D eigenvalue weighted by Crippen LogP contribution is 2.38. The Balaban J connectivity index is 1.76. The van der Waals surface area contributed by atoms with Crippen LogP contribution in [0.25, 0.3) is 0 Å². The first kappa shape index (κ1) is 13.6. The Bertz CT molecular complexity index is 596. The smallest absolute Gasteiger partial charge is 0.0690 e. The summed E-state index contributed by atoms with van der Waals surface area (Å²) in [5, 5.41) is 0. The third-order valence-corrected chi connectivity index (χ3v) is 4.87. The van der Waals surface area contributed by atoms with Gasteiger partial charge in [-0.25, -0.2) is 0 Å². The monoisotopic (exact) mass is 283 g/mol. The zero-order valence-corrected chi connectivity index (χ0v) is 13.2. The van der Waals surface area contributed by atoms with Crippen molar-refractivity contribution in [3.05, 3.63) is 59.7 Å². The standard InChI is InChI=1S/C18H21NS/c1-18(2,3)15-10-8-14(9-11-15)12-19-13-20-17-7-5-4-6-16(17)19/h4-11H,12-13H2,1-3H3. The van der Waals surface area contributed by atoms with Gasteiger partial charge < -0.3 is 4.90 Å². The highest BCUT2D eigenvalue weighted by Gasteiger charge is 2.19. The molecular formula is C18H21NS. The van der Waals surface area contributed by atoms with Crippen LogP contribution in [0.2, 0.25) is 0 Å². The molecule has 0 amide bonds. The van der Waals surface area contributed by atoms with E-state index in [0.717, 1.165) is 12.4 Å². The summed E-state index contributed by atoms with van der Waals surface area (Å²) in [6.45, 7) is 7.77. The number of thioether (sulfide) groups is 1. The molecular weight excluding hydrogens is 262 g/mol. The van der Waals surface area contributed by atoms with Crippen molar-refractivity contribution in [3.8, 4) is 0 Å². The number of hydrogen-bond donors (Lipinski definition) is 0. The van der Waals surface area contributed by atoms with Crippen LogP contribution in [-0.4, -0.2) is 5.88 Å². The van der Waals surface area contributed by atoms with Crippen molar-refractivity contribution in [1.29, 1.82) is 0 Å². The largest absolute Gasteiger partial charge is 0.357 e. The Hall–Kier alpha value is -1.41. The molecule has 2 aromatic carbocycles. The zero-order chi connectivity index (χ0) is 14.2. The van der Waals surface area contributed by atoms with Crippen LogP contribution in [-0.2, 0) is 12.0 Å². The molecule has 2 aromatic rings. The highest BCUT2D eigenvalue weighted by molar-refractivity contribution is 7.99. The first-order valence-electron chi connectivity index (χ1n) is 7.10. The number of rotatable bonds is 2. The van der Waals surface area contributed by atoms with Gasteiger partial charge >= 0.3 is 0 Å². The Labute approximate surface area is 126 Å². The molecule has 0 N–H and O–H groups in total. The molecule has 3 rings (SSSR count). The SMILES string of the molecule is CC(C)(C)c1ccc(CN2CSc3ccccc32)cc1. The molecule has 0 spiro atoms. The van der Waals surface area contributed by atoms with Gasteiger partial charge in [-0.2, -0.15) is 0 Å². The second kappa shape index (κ2) is 5.17. The minimum absolute atomic E-state index is 0.231. The summed E-state index contributed by atoms with van der Waals surface area (Å²) in [5.74, 6) is 1.06. The van der Waals surface area contributed by atoms with Crippen LogP contribution in [0.3, 0.4) is 0 Å². The minimum Gasteiger partial charge on any atom is -0.357 e. The van der Waals surface area contributed by atoms with E-state index in [0.29, 0.717) is 0 Å². The average Bonchev–Trinajstić information content (AvgIpc) is 2.82. The molecule has 0 saturated carbocycles. The van der Waals surface area contributed by atoms with Crippen LogP contribution in [0.15, 0.2) is 53.4 Å². The van der Waals surface area contributed by atoms with Crippen LogP contribution in [0.5, 0.6) is 0 Å². The number of benzene rings is 2. The van der Waals surface area contributed by atoms with Crippen LogP contribution < -0.4 is 4.90 Å². The van der Waals surface area contributed by atoms with Gasteiger partial charge in [0.1, 0.15) is 0 Å². The number of para-hydroxylation sites is 1. The van der Waals surface area contributed by atoms with E-state index in [1.165, 1.54) is 21.7 Å². The lowest BCUT2D eigenvalue weighted by Gasteiger charge is -2.21. The molecule has 0 unspecified atom stereocenters. The maximum atomic E-state index is 2.45. The number of fused-ring (bicyclic) bond motifs is 1. The van der Waals surface area contributed by atoms with Crippen molar-refractivity contribution in [2.24, 2.45) is 0 Å². The summed E-state index contributed by atoms with van der Waals surface area (Å²) in [5.41, 5.74) is 4.39. The van der Waals surface area contributed by atoms with E-state index in [1.807, 2.05) is 11.8 Å². The third kappa shape index (κ3) is 2.71. The van der Waals surface area contributed by atoms with Gasteiger partial charge in [-0.1, -0.05) is 57.2 Å². The van der Waals surface area contributed by atoms with E-state index in [-0.39, 0.29) is 5.41 Å². The van der Waals surface area contributed by atoms with Crippen molar-refractivity contribution in [1.82, 2.24) is 0 Å². The van der Waals surface area contributed by atoms with Gasteiger partial charge in [-0.05, 0) is 28.7 Å². The van der Waals surface area contributed by atoms with Crippen LogP contribution in [0.1, 0.15) is 31.9 Å². The van der Waals surface area contributed by atoms with Gasteiger partial charge in [-0.3, -0.25) is 0 Å². The molecule has 0 fully saturated rings. The fourth-order valence-electron chi connectivity index (χ4n) is 2.52. The van der Waals surface area contributed by atoms with Gasteiger partial charge in [0, 0.05) is 11.4 Å². The lowest BCUT2D eigenvalue weighted by molar-refractivity contribution is 0.590. The van der Waals surface area contributed by atoms with Gasteiger partial charge in [0.05, 0.1) is 11.6 Å². The molecule has 1 aliphatic rings. The van der Waals surface area contributed by atoms with Crippen molar-refractivity contribution < 1.29 is 0 Å². The zero-order valence-electron chi connectivity index (χ0n) is 12.4. The Morgan fingerprint density at radius 2 is 1.70 bits per heavy atom.